The highest BCUT2D eigenvalue weighted by molar-refractivity contribution is 6.31. The molecule has 3 nitrogen and oxygen atoms in total. The normalized spacial score (nSPS) is 10.9. The monoisotopic (exact) mass is 347 g/mol. The van der Waals surface area contributed by atoms with Gasteiger partial charge in [0.1, 0.15) is 6.61 Å². The van der Waals surface area contributed by atoms with Crippen LogP contribution in [0.25, 0.3) is 0 Å². The molecule has 0 saturated heterocycles. The van der Waals surface area contributed by atoms with E-state index in [1.807, 2.05) is 31.2 Å². The molecule has 24 heavy (non-hydrogen) atoms. The Kier molecular flexibility index (Phi) is 6.95. The summed E-state index contributed by atoms with van der Waals surface area (Å²) in [6.07, 6.45) is 0. The van der Waals surface area contributed by atoms with Gasteiger partial charge in [-0.3, -0.25) is 0 Å². The zero-order valence-electron chi connectivity index (χ0n) is 14.9. The number of hydrogen-bond donors (Lipinski definition) is 1. The maximum atomic E-state index is 6.42. The minimum atomic E-state index is 0.397. The molecule has 0 amide bonds. The van der Waals surface area contributed by atoms with Crippen molar-refractivity contribution in [1.29, 1.82) is 0 Å². The lowest BCUT2D eigenvalue weighted by atomic mass is 10.1. The van der Waals surface area contributed by atoms with Crippen LogP contribution in [0.1, 0.15) is 37.5 Å². The van der Waals surface area contributed by atoms with Gasteiger partial charge in [-0.15, -0.1) is 0 Å². The standard InChI is InChI=1S/C20H26ClNO2/c1-5-23-19-10-17(12-22-14(2)3)18(21)11-20(19)24-13-16-9-7-6-8-15(16)4/h6-11,14,22H,5,12-13H2,1-4H3. The molecule has 2 aromatic rings. The first-order chi connectivity index (χ1) is 11.5. The molecular weight excluding hydrogens is 322 g/mol. The molecule has 0 fully saturated rings. The van der Waals surface area contributed by atoms with Crippen LogP contribution in [0.3, 0.4) is 0 Å². The van der Waals surface area contributed by atoms with E-state index < -0.39 is 0 Å². The van der Waals surface area contributed by atoms with Crippen molar-refractivity contribution in [3.8, 4) is 11.5 Å². The van der Waals surface area contributed by atoms with Crippen LogP contribution in [0.4, 0.5) is 0 Å². The van der Waals surface area contributed by atoms with Gasteiger partial charge < -0.3 is 14.8 Å². The second-order valence-electron chi connectivity index (χ2n) is 6.07. The zero-order chi connectivity index (χ0) is 17.5. The van der Waals surface area contributed by atoms with Crippen LogP contribution in [0.2, 0.25) is 5.02 Å². The Morgan fingerprint density at radius 3 is 2.42 bits per heavy atom. The van der Waals surface area contributed by atoms with Gasteiger partial charge in [0.25, 0.3) is 0 Å². The number of aryl methyl sites for hydroxylation is 1. The minimum Gasteiger partial charge on any atom is -0.490 e. The van der Waals surface area contributed by atoms with Gasteiger partial charge in [0.05, 0.1) is 6.61 Å². The van der Waals surface area contributed by atoms with Gasteiger partial charge in [0.15, 0.2) is 11.5 Å². The number of ether oxygens (including phenoxy) is 2. The first kappa shape index (κ1) is 18.6. The van der Waals surface area contributed by atoms with Crippen LogP contribution in [-0.2, 0) is 13.2 Å². The molecule has 0 spiro atoms. The van der Waals surface area contributed by atoms with E-state index in [4.69, 9.17) is 21.1 Å². The summed E-state index contributed by atoms with van der Waals surface area (Å²) in [7, 11) is 0. The molecule has 0 bridgehead atoms. The Hall–Kier alpha value is -1.71. The fourth-order valence-corrected chi connectivity index (χ4v) is 2.56. The van der Waals surface area contributed by atoms with Crippen molar-refractivity contribution in [3.05, 3.63) is 58.1 Å². The third-order valence-corrected chi connectivity index (χ3v) is 4.11. The Morgan fingerprint density at radius 2 is 1.75 bits per heavy atom. The Balaban J connectivity index is 2.18. The van der Waals surface area contributed by atoms with Crippen LogP contribution in [0.15, 0.2) is 36.4 Å². The largest absolute Gasteiger partial charge is 0.490 e. The number of hydrogen-bond acceptors (Lipinski definition) is 3. The summed E-state index contributed by atoms with van der Waals surface area (Å²) in [5.74, 6) is 1.41. The van der Waals surface area contributed by atoms with Crippen LogP contribution in [0, 0.1) is 6.92 Å². The van der Waals surface area contributed by atoms with Crippen molar-refractivity contribution in [2.45, 2.75) is 46.9 Å². The summed E-state index contributed by atoms with van der Waals surface area (Å²) in [6.45, 7) is 10.0. The maximum absolute atomic E-state index is 6.42. The number of rotatable bonds is 8. The SMILES string of the molecule is CCOc1cc(CNC(C)C)c(Cl)cc1OCc1ccccc1C. The van der Waals surface area contributed by atoms with Crippen LogP contribution in [0.5, 0.6) is 11.5 Å². The van der Waals surface area contributed by atoms with Crippen molar-refractivity contribution < 1.29 is 9.47 Å². The second kappa shape index (κ2) is 8.95. The lowest BCUT2D eigenvalue weighted by Crippen LogP contribution is -2.22. The maximum Gasteiger partial charge on any atom is 0.163 e. The highest BCUT2D eigenvalue weighted by atomic mass is 35.5. The van der Waals surface area contributed by atoms with E-state index in [1.165, 1.54) is 5.56 Å². The molecule has 0 aliphatic rings. The summed E-state index contributed by atoms with van der Waals surface area (Å²) in [5.41, 5.74) is 3.37. The lowest BCUT2D eigenvalue weighted by molar-refractivity contribution is 0.268. The highest BCUT2D eigenvalue weighted by Gasteiger charge is 2.12. The number of nitrogens with one attached hydrogen (secondary N) is 1. The van der Waals surface area contributed by atoms with Crippen LogP contribution in [-0.4, -0.2) is 12.6 Å². The summed E-state index contributed by atoms with van der Waals surface area (Å²) >= 11 is 6.42. The molecule has 0 atom stereocenters. The molecule has 2 aromatic carbocycles. The third-order valence-electron chi connectivity index (χ3n) is 3.76. The molecule has 1 N–H and O–H groups in total. The summed E-state index contributed by atoms with van der Waals surface area (Å²) in [5, 5.41) is 4.06. The quantitative estimate of drug-likeness (QED) is 0.718. The average molecular weight is 348 g/mol. The van der Waals surface area contributed by atoms with Gasteiger partial charge in [0.2, 0.25) is 0 Å². The van der Waals surface area contributed by atoms with Gasteiger partial charge in [-0.25, -0.2) is 0 Å². The molecule has 0 aliphatic heterocycles. The molecule has 4 heteroatoms. The molecule has 0 unspecified atom stereocenters. The molecule has 2 rings (SSSR count). The molecule has 0 saturated carbocycles. The smallest absolute Gasteiger partial charge is 0.163 e. The third kappa shape index (κ3) is 5.15. The Labute approximate surface area is 149 Å². The Bertz CT molecular complexity index is 671. The Morgan fingerprint density at radius 1 is 1.04 bits per heavy atom. The van der Waals surface area contributed by atoms with Crippen LogP contribution >= 0.6 is 11.6 Å². The lowest BCUT2D eigenvalue weighted by Gasteiger charge is -2.16. The first-order valence-corrected chi connectivity index (χ1v) is 8.75. The number of benzene rings is 2. The predicted octanol–water partition coefficient (Wildman–Crippen LogP) is 5.12. The predicted molar refractivity (Wildman–Crippen MR) is 100 cm³/mol. The summed E-state index contributed by atoms with van der Waals surface area (Å²) in [6, 6.07) is 12.4. The van der Waals surface area contributed by atoms with Crippen molar-refractivity contribution in [2.75, 3.05) is 6.61 Å². The van der Waals surface area contributed by atoms with E-state index in [1.54, 1.807) is 0 Å². The number of halogens is 1. The molecule has 0 aliphatic carbocycles. The average Bonchev–Trinajstić information content (AvgIpc) is 2.55. The summed E-state index contributed by atoms with van der Waals surface area (Å²) in [4.78, 5) is 0. The van der Waals surface area contributed by atoms with Gasteiger partial charge in [0, 0.05) is 23.7 Å². The van der Waals surface area contributed by atoms with Gasteiger partial charge in [-0.2, -0.15) is 0 Å². The van der Waals surface area contributed by atoms with Gasteiger partial charge in [-0.05, 0) is 36.6 Å². The fourth-order valence-electron chi connectivity index (χ4n) is 2.34. The second-order valence-corrected chi connectivity index (χ2v) is 6.48. The molecule has 0 aromatic heterocycles. The van der Waals surface area contributed by atoms with Crippen molar-refractivity contribution in [1.82, 2.24) is 5.32 Å². The van der Waals surface area contributed by atoms with Crippen molar-refractivity contribution >= 4 is 11.6 Å². The minimum absolute atomic E-state index is 0.397. The molecular formula is C20H26ClNO2. The molecule has 0 radical (unpaired) electrons. The van der Waals surface area contributed by atoms with E-state index in [2.05, 4.69) is 38.2 Å². The zero-order valence-corrected chi connectivity index (χ0v) is 15.6. The van der Waals surface area contributed by atoms with Crippen LogP contribution < -0.4 is 14.8 Å². The van der Waals surface area contributed by atoms with E-state index in [-0.39, 0.29) is 0 Å². The van der Waals surface area contributed by atoms with E-state index in [0.29, 0.717) is 36.6 Å². The van der Waals surface area contributed by atoms with Gasteiger partial charge in [-0.1, -0.05) is 49.7 Å². The van der Waals surface area contributed by atoms with E-state index >= 15 is 0 Å². The van der Waals surface area contributed by atoms with Crippen molar-refractivity contribution in [2.24, 2.45) is 0 Å². The van der Waals surface area contributed by atoms with Gasteiger partial charge >= 0.3 is 0 Å². The summed E-state index contributed by atoms with van der Waals surface area (Å²) < 4.78 is 11.7. The molecule has 0 heterocycles. The molecule has 130 valence electrons. The fraction of sp³-hybridized carbons (Fsp3) is 0.400. The van der Waals surface area contributed by atoms with E-state index in [0.717, 1.165) is 16.9 Å². The van der Waals surface area contributed by atoms with E-state index in [9.17, 15) is 0 Å². The topological polar surface area (TPSA) is 30.5 Å². The first-order valence-electron chi connectivity index (χ1n) is 8.37. The van der Waals surface area contributed by atoms with Crippen molar-refractivity contribution in [3.63, 3.8) is 0 Å². The highest BCUT2D eigenvalue weighted by Crippen LogP contribution is 2.34.